The number of carbonyl (C=O) groups is 2. The van der Waals surface area contributed by atoms with Gasteiger partial charge < -0.3 is 19.8 Å². The summed E-state index contributed by atoms with van der Waals surface area (Å²) in [5.41, 5.74) is 0. The summed E-state index contributed by atoms with van der Waals surface area (Å²) in [5, 5.41) is 16.2. The third-order valence-electron chi connectivity index (χ3n) is 1.31. The Balaban J connectivity index is -0.000000282. The van der Waals surface area contributed by atoms with Gasteiger partial charge in [-0.1, -0.05) is 0 Å². The van der Waals surface area contributed by atoms with E-state index in [4.69, 9.17) is 4.55 Å². The smallest absolute Gasteiger partial charge is 0.549 e. The summed E-state index contributed by atoms with van der Waals surface area (Å²) >= 11 is 0.419. The molecule has 0 aliphatic carbocycles. The van der Waals surface area contributed by atoms with Crippen molar-refractivity contribution in [2.45, 2.75) is 10.5 Å². The van der Waals surface area contributed by atoms with E-state index in [0.717, 1.165) is 0 Å². The van der Waals surface area contributed by atoms with Crippen molar-refractivity contribution in [3.8, 4) is 0 Å². The topological polar surface area (TPSA) is 135 Å². The average molecular weight is 311 g/mol. The maximum absolute atomic E-state index is 10.5. The molecule has 7 nitrogen and oxygen atoms in total. The van der Waals surface area contributed by atoms with Crippen LogP contribution in [0.3, 0.4) is 0 Å². The van der Waals surface area contributed by atoms with Crippen LogP contribution in [0, 0.1) is 0 Å². The minimum absolute atomic E-state index is 0. The number of aliphatic carboxylic acids is 2. The van der Waals surface area contributed by atoms with Gasteiger partial charge >= 0.3 is 88.7 Å². The van der Waals surface area contributed by atoms with Crippen LogP contribution in [0.4, 0.5) is 0 Å². The summed E-state index contributed by atoms with van der Waals surface area (Å²) in [5.74, 6) is -4.08. The maximum atomic E-state index is 10.5. The second-order valence-electron chi connectivity index (χ2n) is 2.23. The Hall–Kier alpha value is 2.20. The van der Waals surface area contributed by atoms with Gasteiger partial charge in [-0.3, -0.25) is 4.55 Å². The molecule has 2 unspecified atom stereocenters. The molecular weight excluding hydrogens is 305 g/mol. The molecule has 0 aromatic carbocycles. The van der Waals surface area contributed by atoms with Gasteiger partial charge in [0.15, 0.2) is 0 Å². The van der Waals surface area contributed by atoms with Gasteiger partial charge in [-0.05, 0) is 6.26 Å². The van der Waals surface area contributed by atoms with Crippen LogP contribution in [0.2, 0.25) is 0 Å². The Kier molecular flexibility index (Phi) is 19.4. The van der Waals surface area contributed by atoms with E-state index in [0.29, 0.717) is 11.8 Å². The Morgan fingerprint density at radius 1 is 1.12 bits per heavy atom. The first kappa shape index (κ1) is 27.5. The first-order valence-corrected chi connectivity index (χ1v) is 5.91. The quantitative estimate of drug-likeness (QED) is 0.390. The molecule has 0 spiro atoms. The molecule has 0 bridgehead atoms. The van der Waals surface area contributed by atoms with Crippen molar-refractivity contribution >= 4 is 33.8 Å². The molecule has 0 fully saturated rings. The Morgan fingerprint density at radius 3 is 1.53 bits per heavy atom. The fourth-order valence-corrected chi connectivity index (χ4v) is 2.72. The summed E-state index contributed by atoms with van der Waals surface area (Å²) < 4.78 is 29.5. The van der Waals surface area contributed by atoms with Crippen LogP contribution < -0.4 is 98.9 Å². The van der Waals surface area contributed by atoms with E-state index < -0.39 is 32.6 Å². The van der Waals surface area contributed by atoms with Crippen LogP contribution in [-0.4, -0.2) is 41.7 Å². The molecule has 0 saturated carbocycles. The third kappa shape index (κ3) is 9.69. The normalized spacial score (nSPS) is 13.1. The van der Waals surface area contributed by atoms with Crippen molar-refractivity contribution < 1.29 is 121 Å². The van der Waals surface area contributed by atoms with Gasteiger partial charge in [-0.15, -0.1) is 0 Å². The van der Waals surface area contributed by atoms with Crippen LogP contribution in [0.15, 0.2) is 0 Å². The van der Waals surface area contributed by atoms with Crippen molar-refractivity contribution in [2.75, 3.05) is 6.26 Å². The van der Waals surface area contributed by atoms with Crippen molar-refractivity contribution in [3.05, 3.63) is 0 Å². The molecule has 0 saturated heterocycles. The van der Waals surface area contributed by atoms with E-state index in [1.807, 2.05) is 0 Å². The molecule has 17 heavy (non-hydrogen) atoms. The number of carbonyl (C=O) groups excluding carboxylic acids is 2. The Morgan fingerprint density at radius 2 is 1.47 bits per heavy atom. The predicted octanol–water partition coefficient (Wildman–Crippen LogP) is -12.5. The SMILES string of the molecule is CSC(C(=O)[O-])C(C(=O)[O-])S(=O)(=O)O.[Na+].[Na+].[Na+]. The van der Waals surface area contributed by atoms with E-state index in [1.54, 1.807) is 0 Å². The third-order valence-corrected chi connectivity index (χ3v) is 3.57. The van der Waals surface area contributed by atoms with E-state index in [9.17, 15) is 28.2 Å². The zero-order valence-electron chi connectivity index (χ0n) is 9.87. The van der Waals surface area contributed by atoms with Crippen LogP contribution >= 0.6 is 11.8 Å². The molecule has 2 atom stereocenters. The first-order valence-electron chi connectivity index (χ1n) is 3.12. The fraction of sp³-hybridized carbons (Fsp3) is 0.600. The van der Waals surface area contributed by atoms with Crippen LogP contribution in [0.25, 0.3) is 0 Å². The predicted molar refractivity (Wildman–Crippen MR) is 42.7 cm³/mol. The van der Waals surface area contributed by atoms with Gasteiger partial charge in [0, 0.05) is 0 Å². The zero-order valence-corrected chi connectivity index (χ0v) is 17.5. The Bertz CT molecular complexity index is 343. The molecule has 0 radical (unpaired) electrons. The maximum Gasteiger partial charge on any atom is 1.00 e. The van der Waals surface area contributed by atoms with Gasteiger partial charge in [-0.2, -0.15) is 20.2 Å². The molecule has 1 N–H and O–H groups in total. The minimum atomic E-state index is -5.02. The number of carboxylic acids is 2. The van der Waals surface area contributed by atoms with Gasteiger partial charge in [0.1, 0.15) is 5.25 Å². The largest absolute Gasteiger partial charge is 1.00 e. The molecule has 12 heteroatoms. The second kappa shape index (κ2) is 12.0. The number of thioether (sulfide) groups is 1. The number of hydrogen-bond acceptors (Lipinski definition) is 7. The molecule has 0 aliphatic heterocycles. The first-order chi connectivity index (χ1) is 6.21. The van der Waals surface area contributed by atoms with Crippen LogP contribution in [-0.2, 0) is 19.7 Å². The Labute approximate surface area is 169 Å². The summed E-state index contributed by atoms with van der Waals surface area (Å²) in [6.45, 7) is 0. The molecule has 0 heterocycles. The number of hydrogen-bond donors (Lipinski definition) is 1. The average Bonchev–Trinajstić information content (AvgIpc) is 1.95. The summed E-state index contributed by atoms with van der Waals surface area (Å²) in [7, 11) is -5.02. The standard InChI is InChI=1S/C5H8O7S2.3Na/c1-13-2(4(6)7)3(5(8)9)14(10,11)12;;;/h2-3H,1H3,(H,6,7)(H,8,9)(H,10,11,12);;;/q;3*+1/p-2. The molecule has 0 aliphatic rings. The molecule has 0 aromatic rings. The molecular formula is C5H6Na3O7S2+. The number of carboxylic acid groups (broad SMARTS) is 2. The van der Waals surface area contributed by atoms with E-state index in [2.05, 4.69) is 0 Å². The molecule has 0 aromatic heterocycles. The number of rotatable bonds is 5. The van der Waals surface area contributed by atoms with Crippen molar-refractivity contribution in [1.29, 1.82) is 0 Å². The van der Waals surface area contributed by atoms with Gasteiger partial charge in [-0.25, -0.2) is 0 Å². The fourth-order valence-electron chi connectivity index (χ4n) is 0.745. The summed E-state index contributed by atoms with van der Waals surface area (Å²) in [4.78, 5) is 20.6. The van der Waals surface area contributed by atoms with Gasteiger partial charge in [0.25, 0.3) is 10.1 Å². The summed E-state index contributed by atoms with van der Waals surface area (Å²) in [6, 6.07) is 0. The van der Waals surface area contributed by atoms with E-state index in [1.165, 1.54) is 6.26 Å². The van der Waals surface area contributed by atoms with Gasteiger partial charge in [0.2, 0.25) is 0 Å². The molecule has 0 rings (SSSR count). The van der Waals surface area contributed by atoms with E-state index >= 15 is 0 Å². The second-order valence-corrected chi connectivity index (χ2v) is 4.75. The van der Waals surface area contributed by atoms with E-state index in [-0.39, 0.29) is 88.7 Å². The van der Waals surface area contributed by atoms with Crippen molar-refractivity contribution in [3.63, 3.8) is 0 Å². The van der Waals surface area contributed by atoms with Crippen LogP contribution in [0.5, 0.6) is 0 Å². The monoisotopic (exact) mass is 311 g/mol. The van der Waals surface area contributed by atoms with Crippen LogP contribution in [0.1, 0.15) is 0 Å². The van der Waals surface area contributed by atoms with Crippen molar-refractivity contribution in [1.82, 2.24) is 0 Å². The summed E-state index contributed by atoms with van der Waals surface area (Å²) in [6.07, 6.45) is 1.17. The zero-order chi connectivity index (χ0) is 11.5. The molecule has 0 amide bonds. The minimum Gasteiger partial charge on any atom is -0.549 e. The molecule has 82 valence electrons. The van der Waals surface area contributed by atoms with Gasteiger partial charge in [0.05, 0.1) is 17.2 Å². The van der Waals surface area contributed by atoms with Crippen molar-refractivity contribution in [2.24, 2.45) is 0 Å².